The number of hydrogen-bond acceptors (Lipinski definition) is 7. The lowest BCUT2D eigenvalue weighted by atomic mass is 9.83. The summed E-state index contributed by atoms with van der Waals surface area (Å²) in [5.41, 5.74) is 5.46. The number of rotatable bonds is 6. The number of nitrogens with zero attached hydrogens (tertiary/aromatic N) is 1. The van der Waals surface area contributed by atoms with Crippen LogP contribution < -0.4 is 13.7 Å². The lowest BCUT2D eigenvalue weighted by molar-refractivity contribution is 0.0730. The smallest absolute Gasteiger partial charge is 0.343 e. The Morgan fingerprint density at radius 3 is 2.45 bits per heavy atom. The Balaban J connectivity index is 1.40. The van der Waals surface area contributed by atoms with Crippen molar-refractivity contribution in [1.82, 2.24) is 4.90 Å². The maximum Gasteiger partial charge on any atom is 0.343 e. The summed E-state index contributed by atoms with van der Waals surface area (Å²) >= 11 is 0. The van der Waals surface area contributed by atoms with Crippen LogP contribution in [0.3, 0.4) is 0 Å². The van der Waals surface area contributed by atoms with Gasteiger partial charge in [0.15, 0.2) is 11.5 Å². The molecule has 204 valence electrons. The average molecular weight is 556 g/mol. The van der Waals surface area contributed by atoms with E-state index in [1.54, 1.807) is 49.6 Å². The van der Waals surface area contributed by atoms with Crippen LogP contribution in [0.2, 0.25) is 0 Å². The van der Waals surface area contributed by atoms with E-state index in [0.29, 0.717) is 24.1 Å². The molecular formula is C32H29NO6S. The molecule has 2 aliphatic heterocycles. The summed E-state index contributed by atoms with van der Waals surface area (Å²) < 4.78 is 43.9. The van der Waals surface area contributed by atoms with Gasteiger partial charge in [0.2, 0.25) is 0 Å². The number of aryl methyl sites for hydroxylation is 1. The van der Waals surface area contributed by atoms with Gasteiger partial charge in [0, 0.05) is 24.7 Å². The van der Waals surface area contributed by atoms with Gasteiger partial charge in [-0.05, 0) is 78.9 Å². The standard InChI is InChI=1S/C32H29NO6S/c1-21-8-12-26(13-9-21)40(35,36)39-31-28-20-33-17-16-24-18-25(37-2)11-14-27(24)29(33)19-23(28)10-15-30(31)38-32(34)22-6-4-3-5-7-22/h3-15,18,29H,16-17,19-20H2,1-2H3. The van der Waals surface area contributed by atoms with E-state index in [-0.39, 0.29) is 22.4 Å². The van der Waals surface area contributed by atoms with Crippen LogP contribution in [0.5, 0.6) is 17.2 Å². The van der Waals surface area contributed by atoms with Crippen molar-refractivity contribution >= 4 is 16.1 Å². The number of carbonyl (C=O) groups is 1. The monoisotopic (exact) mass is 555 g/mol. The molecule has 0 aliphatic carbocycles. The molecule has 6 rings (SSSR count). The van der Waals surface area contributed by atoms with E-state index < -0.39 is 16.1 Å². The van der Waals surface area contributed by atoms with Gasteiger partial charge in [0.05, 0.1) is 12.7 Å². The van der Waals surface area contributed by atoms with E-state index >= 15 is 0 Å². The van der Waals surface area contributed by atoms with E-state index in [2.05, 4.69) is 17.0 Å². The predicted octanol–water partition coefficient (Wildman–Crippen LogP) is 5.65. The molecule has 0 N–H and O–H groups in total. The lowest BCUT2D eigenvalue weighted by Crippen LogP contribution is -2.39. The zero-order chi connectivity index (χ0) is 27.9. The second-order valence-corrected chi connectivity index (χ2v) is 11.7. The molecule has 0 fully saturated rings. The first-order valence-electron chi connectivity index (χ1n) is 13.2. The molecule has 2 heterocycles. The van der Waals surface area contributed by atoms with E-state index in [1.165, 1.54) is 23.3 Å². The van der Waals surface area contributed by atoms with Gasteiger partial charge in [0.1, 0.15) is 10.6 Å². The summed E-state index contributed by atoms with van der Waals surface area (Å²) in [5.74, 6) is 0.378. The number of ether oxygens (including phenoxy) is 2. The minimum atomic E-state index is -4.20. The summed E-state index contributed by atoms with van der Waals surface area (Å²) in [6.45, 7) is 3.14. The number of esters is 1. The quantitative estimate of drug-likeness (QED) is 0.173. The average Bonchev–Trinajstić information content (AvgIpc) is 2.97. The Kier molecular flexibility index (Phi) is 6.82. The molecule has 8 heteroatoms. The summed E-state index contributed by atoms with van der Waals surface area (Å²) in [5, 5.41) is 0. The third kappa shape index (κ3) is 4.96. The fourth-order valence-electron chi connectivity index (χ4n) is 5.49. The van der Waals surface area contributed by atoms with Crippen LogP contribution >= 0.6 is 0 Å². The SMILES string of the molecule is COc1ccc2c(c1)CCN1Cc3c(ccc(OC(=O)c4ccccc4)c3OS(=O)(=O)c3ccc(C)cc3)CC21. The highest BCUT2D eigenvalue weighted by atomic mass is 32.2. The van der Waals surface area contributed by atoms with Crippen molar-refractivity contribution in [3.63, 3.8) is 0 Å². The number of hydrogen-bond donors (Lipinski definition) is 0. The summed E-state index contributed by atoms with van der Waals surface area (Å²) in [6.07, 6.45) is 1.52. The summed E-state index contributed by atoms with van der Waals surface area (Å²) in [6, 6.07) is 24.9. The molecule has 2 aliphatic rings. The van der Waals surface area contributed by atoms with Crippen LogP contribution in [0.25, 0.3) is 0 Å². The van der Waals surface area contributed by atoms with Gasteiger partial charge >= 0.3 is 16.1 Å². The molecule has 0 bridgehead atoms. The molecule has 1 atom stereocenters. The first kappa shape index (κ1) is 26.1. The number of methoxy groups -OCH3 is 1. The zero-order valence-corrected chi connectivity index (χ0v) is 23.1. The molecule has 0 radical (unpaired) electrons. The summed E-state index contributed by atoms with van der Waals surface area (Å²) in [4.78, 5) is 15.3. The minimum absolute atomic E-state index is 0.0329. The maximum absolute atomic E-state index is 13.4. The molecule has 0 amide bonds. The minimum Gasteiger partial charge on any atom is -0.497 e. The third-order valence-corrected chi connectivity index (χ3v) is 8.86. The normalized spacial score (nSPS) is 16.3. The van der Waals surface area contributed by atoms with E-state index in [1.807, 2.05) is 25.1 Å². The Labute approximate surface area is 234 Å². The highest BCUT2D eigenvalue weighted by molar-refractivity contribution is 7.87. The second-order valence-electron chi connectivity index (χ2n) is 10.1. The molecule has 0 saturated carbocycles. The van der Waals surface area contributed by atoms with Gasteiger partial charge in [-0.2, -0.15) is 8.42 Å². The van der Waals surface area contributed by atoms with Crippen molar-refractivity contribution < 1.29 is 26.9 Å². The van der Waals surface area contributed by atoms with E-state index in [4.69, 9.17) is 13.7 Å². The van der Waals surface area contributed by atoms with Crippen LogP contribution in [-0.4, -0.2) is 32.9 Å². The van der Waals surface area contributed by atoms with Crippen LogP contribution in [0.1, 0.15) is 44.2 Å². The Morgan fingerprint density at radius 1 is 0.925 bits per heavy atom. The summed E-state index contributed by atoms with van der Waals surface area (Å²) in [7, 11) is -2.53. The van der Waals surface area contributed by atoms with Crippen molar-refractivity contribution in [1.29, 1.82) is 0 Å². The number of carbonyl (C=O) groups excluding carboxylic acids is 1. The fourth-order valence-corrected chi connectivity index (χ4v) is 6.45. The van der Waals surface area contributed by atoms with Gasteiger partial charge in [-0.15, -0.1) is 0 Å². The fraction of sp³-hybridized carbons (Fsp3) is 0.219. The molecule has 4 aromatic carbocycles. The van der Waals surface area contributed by atoms with E-state index in [9.17, 15) is 13.2 Å². The zero-order valence-electron chi connectivity index (χ0n) is 22.3. The molecule has 0 spiro atoms. The second kappa shape index (κ2) is 10.4. The highest BCUT2D eigenvalue weighted by Gasteiger charge is 2.36. The van der Waals surface area contributed by atoms with Gasteiger partial charge in [0.25, 0.3) is 0 Å². The first-order chi connectivity index (χ1) is 19.3. The van der Waals surface area contributed by atoms with Crippen molar-refractivity contribution in [3.8, 4) is 17.2 Å². The van der Waals surface area contributed by atoms with Gasteiger partial charge in [-0.1, -0.05) is 48.0 Å². The Morgan fingerprint density at radius 2 is 1.70 bits per heavy atom. The molecule has 40 heavy (non-hydrogen) atoms. The molecule has 4 aromatic rings. The maximum atomic E-state index is 13.4. The Bertz CT molecular complexity index is 1680. The van der Waals surface area contributed by atoms with Crippen molar-refractivity contribution in [2.24, 2.45) is 0 Å². The van der Waals surface area contributed by atoms with Crippen molar-refractivity contribution in [2.75, 3.05) is 13.7 Å². The van der Waals surface area contributed by atoms with Gasteiger partial charge in [-0.25, -0.2) is 4.79 Å². The molecule has 0 aromatic heterocycles. The van der Waals surface area contributed by atoms with Gasteiger partial charge in [-0.3, -0.25) is 4.90 Å². The molecule has 1 unspecified atom stereocenters. The molecule has 7 nitrogen and oxygen atoms in total. The van der Waals surface area contributed by atoms with Crippen LogP contribution in [-0.2, 0) is 29.5 Å². The topological polar surface area (TPSA) is 82.1 Å². The van der Waals surface area contributed by atoms with Crippen LogP contribution in [0.15, 0.2) is 89.8 Å². The highest BCUT2D eigenvalue weighted by Crippen LogP contribution is 2.45. The van der Waals surface area contributed by atoms with Crippen molar-refractivity contribution in [2.45, 2.75) is 37.2 Å². The van der Waals surface area contributed by atoms with Crippen molar-refractivity contribution in [3.05, 3.63) is 118 Å². The molecule has 0 saturated heterocycles. The van der Waals surface area contributed by atoms with E-state index in [0.717, 1.165) is 29.8 Å². The Hall–Kier alpha value is -4.14. The third-order valence-electron chi connectivity index (χ3n) is 7.63. The molecular weight excluding hydrogens is 526 g/mol. The van der Waals surface area contributed by atoms with Crippen LogP contribution in [0, 0.1) is 6.92 Å². The number of benzene rings is 4. The largest absolute Gasteiger partial charge is 0.497 e. The predicted molar refractivity (Wildman–Crippen MR) is 150 cm³/mol. The first-order valence-corrected chi connectivity index (χ1v) is 14.6. The van der Waals surface area contributed by atoms with Gasteiger partial charge < -0.3 is 13.7 Å². The lowest BCUT2D eigenvalue weighted by Gasteiger charge is -2.42. The van der Waals surface area contributed by atoms with Crippen LogP contribution in [0.4, 0.5) is 0 Å². The number of fused-ring (bicyclic) bond motifs is 4.